The van der Waals surface area contributed by atoms with Crippen LogP contribution in [0.25, 0.3) is 0 Å². The van der Waals surface area contributed by atoms with Gasteiger partial charge in [-0.05, 0) is 43.7 Å². The number of hydrogen-bond acceptors (Lipinski definition) is 3. The molecule has 86 valence electrons. The zero-order valence-electron chi connectivity index (χ0n) is 9.53. The van der Waals surface area contributed by atoms with Crippen molar-refractivity contribution in [2.45, 2.75) is 25.9 Å². The summed E-state index contributed by atoms with van der Waals surface area (Å²) in [5.41, 5.74) is 0.740. The summed E-state index contributed by atoms with van der Waals surface area (Å²) in [7, 11) is 0. The van der Waals surface area contributed by atoms with Crippen molar-refractivity contribution in [3.63, 3.8) is 0 Å². The van der Waals surface area contributed by atoms with E-state index in [-0.39, 0.29) is 5.78 Å². The Balaban J connectivity index is 1.92. The molecule has 0 aliphatic heterocycles. The SMILES string of the molecule is CCNCC(=O)c1ccc(OC2CC2)cc1. The molecule has 0 saturated heterocycles. The predicted molar refractivity (Wildman–Crippen MR) is 63.0 cm³/mol. The van der Waals surface area contributed by atoms with Crippen molar-refractivity contribution in [2.24, 2.45) is 0 Å². The fourth-order valence-electron chi connectivity index (χ4n) is 1.44. The molecule has 0 bridgehead atoms. The number of ketones is 1. The van der Waals surface area contributed by atoms with Crippen LogP contribution in [0.4, 0.5) is 0 Å². The summed E-state index contributed by atoms with van der Waals surface area (Å²) in [4.78, 5) is 11.6. The molecule has 16 heavy (non-hydrogen) atoms. The number of benzene rings is 1. The highest BCUT2D eigenvalue weighted by atomic mass is 16.5. The highest BCUT2D eigenvalue weighted by molar-refractivity contribution is 5.97. The Labute approximate surface area is 95.8 Å². The number of carbonyl (C=O) groups is 1. The van der Waals surface area contributed by atoms with Crippen molar-refractivity contribution in [3.05, 3.63) is 29.8 Å². The summed E-state index contributed by atoms with van der Waals surface area (Å²) in [6.45, 7) is 3.20. The second-order valence-corrected chi connectivity index (χ2v) is 4.05. The van der Waals surface area contributed by atoms with Crippen LogP contribution in [0.3, 0.4) is 0 Å². The molecule has 3 nitrogen and oxygen atoms in total. The Morgan fingerprint density at radius 3 is 2.62 bits per heavy atom. The van der Waals surface area contributed by atoms with Crippen LogP contribution in [0.2, 0.25) is 0 Å². The monoisotopic (exact) mass is 219 g/mol. The molecule has 0 unspecified atom stereocenters. The first kappa shape index (κ1) is 11.1. The van der Waals surface area contributed by atoms with Crippen molar-refractivity contribution in [1.29, 1.82) is 0 Å². The molecule has 0 atom stereocenters. The minimum absolute atomic E-state index is 0.125. The Bertz CT molecular complexity index is 355. The van der Waals surface area contributed by atoms with Crippen LogP contribution < -0.4 is 10.1 Å². The third-order valence-electron chi connectivity index (χ3n) is 2.54. The normalized spacial score (nSPS) is 14.8. The maximum atomic E-state index is 11.6. The van der Waals surface area contributed by atoms with Gasteiger partial charge in [0.1, 0.15) is 5.75 Å². The van der Waals surface area contributed by atoms with Crippen LogP contribution in [-0.2, 0) is 0 Å². The molecule has 0 amide bonds. The third kappa shape index (κ3) is 3.07. The second kappa shape index (κ2) is 5.12. The highest BCUT2D eigenvalue weighted by Gasteiger charge is 2.23. The minimum atomic E-state index is 0.125. The lowest BCUT2D eigenvalue weighted by Crippen LogP contribution is -2.22. The molecule has 0 radical (unpaired) electrons. The summed E-state index contributed by atoms with van der Waals surface area (Å²) >= 11 is 0. The number of nitrogens with one attached hydrogen (secondary N) is 1. The van der Waals surface area contributed by atoms with Crippen molar-refractivity contribution in [3.8, 4) is 5.75 Å². The first-order valence-corrected chi connectivity index (χ1v) is 5.80. The summed E-state index contributed by atoms with van der Waals surface area (Å²) < 4.78 is 5.61. The van der Waals surface area contributed by atoms with Crippen LogP contribution in [0.1, 0.15) is 30.1 Å². The zero-order chi connectivity index (χ0) is 11.4. The van der Waals surface area contributed by atoms with Gasteiger partial charge in [0, 0.05) is 5.56 Å². The predicted octanol–water partition coefficient (Wildman–Crippen LogP) is 2.02. The molecule has 1 aromatic carbocycles. The van der Waals surface area contributed by atoms with E-state index in [1.807, 2.05) is 31.2 Å². The van der Waals surface area contributed by atoms with Crippen LogP contribution in [0.5, 0.6) is 5.75 Å². The number of carbonyl (C=O) groups excluding carboxylic acids is 1. The maximum absolute atomic E-state index is 11.6. The van der Waals surface area contributed by atoms with E-state index in [2.05, 4.69) is 5.32 Å². The quantitative estimate of drug-likeness (QED) is 0.744. The van der Waals surface area contributed by atoms with Gasteiger partial charge in [-0.15, -0.1) is 0 Å². The fourth-order valence-corrected chi connectivity index (χ4v) is 1.44. The van der Waals surface area contributed by atoms with Gasteiger partial charge in [0.05, 0.1) is 12.6 Å². The van der Waals surface area contributed by atoms with Crippen molar-refractivity contribution >= 4 is 5.78 Å². The van der Waals surface area contributed by atoms with Gasteiger partial charge in [-0.3, -0.25) is 4.79 Å². The van der Waals surface area contributed by atoms with E-state index < -0.39 is 0 Å². The second-order valence-electron chi connectivity index (χ2n) is 4.05. The molecule has 2 rings (SSSR count). The molecular formula is C13H17NO2. The molecule has 0 aromatic heterocycles. The molecule has 0 spiro atoms. The molecule has 3 heteroatoms. The Kier molecular flexibility index (Phi) is 3.57. The molecular weight excluding hydrogens is 202 g/mol. The number of hydrogen-bond donors (Lipinski definition) is 1. The van der Waals surface area contributed by atoms with E-state index in [4.69, 9.17) is 4.74 Å². The average molecular weight is 219 g/mol. The van der Waals surface area contributed by atoms with E-state index in [9.17, 15) is 4.79 Å². The molecule has 1 aromatic rings. The van der Waals surface area contributed by atoms with Crippen molar-refractivity contribution < 1.29 is 9.53 Å². The molecule has 0 heterocycles. The molecule has 1 aliphatic carbocycles. The van der Waals surface area contributed by atoms with Gasteiger partial charge in [0.2, 0.25) is 0 Å². The van der Waals surface area contributed by atoms with Gasteiger partial charge in [0.15, 0.2) is 5.78 Å². The molecule has 1 N–H and O–H groups in total. The zero-order valence-corrected chi connectivity index (χ0v) is 9.53. The van der Waals surface area contributed by atoms with E-state index in [1.54, 1.807) is 0 Å². The summed E-state index contributed by atoms with van der Waals surface area (Å²) in [6, 6.07) is 7.41. The number of ether oxygens (including phenoxy) is 1. The van der Waals surface area contributed by atoms with Gasteiger partial charge in [-0.1, -0.05) is 6.92 Å². The summed E-state index contributed by atoms with van der Waals surface area (Å²) in [5, 5.41) is 3.02. The van der Waals surface area contributed by atoms with E-state index >= 15 is 0 Å². The summed E-state index contributed by atoms with van der Waals surface area (Å²) in [6.07, 6.45) is 2.71. The van der Waals surface area contributed by atoms with Gasteiger partial charge < -0.3 is 10.1 Å². The minimum Gasteiger partial charge on any atom is -0.490 e. The van der Waals surface area contributed by atoms with Crippen LogP contribution in [0.15, 0.2) is 24.3 Å². The Morgan fingerprint density at radius 2 is 2.06 bits per heavy atom. The number of rotatable bonds is 6. The van der Waals surface area contributed by atoms with E-state index in [0.29, 0.717) is 12.6 Å². The highest BCUT2D eigenvalue weighted by Crippen LogP contribution is 2.26. The number of likely N-dealkylation sites (N-methyl/N-ethyl adjacent to an activating group) is 1. The smallest absolute Gasteiger partial charge is 0.176 e. The van der Waals surface area contributed by atoms with Crippen LogP contribution in [0, 0.1) is 0 Å². The lowest BCUT2D eigenvalue weighted by atomic mass is 10.1. The van der Waals surface area contributed by atoms with Gasteiger partial charge in [-0.25, -0.2) is 0 Å². The molecule has 1 aliphatic rings. The Hall–Kier alpha value is -1.35. The summed E-state index contributed by atoms with van der Waals surface area (Å²) in [5.74, 6) is 0.988. The van der Waals surface area contributed by atoms with Crippen LogP contribution >= 0.6 is 0 Å². The standard InChI is InChI=1S/C13H17NO2/c1-2-14-9-13(15)10-3-5-11(6-4-10)16-12-7-8-12/h3-6,12,14H,2,7-9H2,1H3. The molecule has 1 fully saturated rings. The third-order valence-corrected chi connectivity index (χ3v) is 2.54. The topological polar surface area (TPSA) is 38.3 Å². The lowest BCUT2D eigenvalue weighted by molar-refractivity contribution is 0.0991. The van der Waals surface area contributed by atoms with Gasteiger partial charge >= 0.3 is 0 Å². The Morgan fingerprint density at radius 1 is 1.38 bits per heavy atom. The first-order valence-electron chi connectivity index (χ1n) is 5.80. The number of Topliss-reactive ketones (excluding diaryl/α,β-unsaturated/α-hetero) is 1. The molecule has 1 saturated carbocycles. The van der Waals surface area contributed by atoms with Gasteiger partial charge in [0.25, 0.3) is 0 Å². The lowest BCUT2D eigenvalue weighted by Gasteiger charge is -2.05. The first-order chi connectivity index (χ1) is 7.79. The average Bonchev–Trinajstić information content (AvgIpc) is 3.11. The van der Waals surface area contributed by atoms with E-state index in [1.165, 1.54) is 0 Å². The van der Waals surface area contributed by atoms with Crippen LogP contribution in [-0.4, -0.2) is 25.0 Å². The maximum Gasteiger partial charge on any atom is 0.176 e. The largest absolute Gasteiger partial charge is 0.490 e. The van der Waals surface area contributed by atoms with Crippen molar-refractivity contribution in [1.82, 2.24) is 5.32 Å². The van der Waals surface area contributed by atoms with E-state index in [0.717, 1.165) is 30.7 Å². The van der Waals surface area contributed by atoms with Crippen molar-refractivity contribution in [2.75, 3.05) is 13.1 Å². The fraction of sp³-hybridized carbons (Fsp3) is 0.462. The van der Waals surface area contributed by atoms with Gasteiger partial charge in [-0.2, -0.15) is 0 Å².